The average Bonchev–Trinajstić information content (AvgIpc) is 3.30. The molecule has 1 aromatic heterocycles. The van der Waals surface area contributed by atoms with Crippen molar-refractivity contribution in [3.63, 3.8) is 0 Å². The van der Waals surface area contributed by atoms with Crippen LogP contribution in [0, 0.1) is 5.82 Å². The minimum atomic E-state index is -0.359. The maximum absolute atomic E-state index is 13.9. The number of carbonyl (C=O) groups is 1. The van der Waals surface area contributed by atoms with Gasteiger partial charge in [0, 0.05) is 5.56 Å². The standard InChI is InChI=1S/C20H18FN3OS/c1-12(18(25)15-10-9-13-5-4-6-14(13)11-15)26-20-22-19(23-24-20)16-7-2-3-8-17(16)21/h2-3,7-12H,4-6H2,1H3,(H,22,23,24). The first-order valence-electron chi connectivity index (χ1n) is 8.62. The topological polar surface area (TPSA) is 58.6 Å². The van der Waals surface area contributed by atoms with Crippen molar-refractivity contribution in [1.29, 1.82) is 0 Å². The van der Waals surface area contributed by atoms with Crippen molar-refractivity contribution >= 4 is 17.5 Å². The van der Waals surface area contributed by atoms with E-state index in [1.807, 2.05) is 19.1 Å². The number of halogens is 1. The number of nitrogens with zero attached hydrogens (tertiary/aromatic N) is 2. The Morgan fingerprint density at radius 1 is 1.19 bits per heavy atom. The van der Waals surface area contributed by atoms with E-state index in [4.69, 9.17) is 0 Å². The zero-order valence-electron chi connectivity index (χ0n) is 14.3. The molecule has 0 bridgehead atoms. The van der Waals surface area contributed by atoms with Crippen molar-refractivity contribution in [2.45, 2.75) is 36.6 Å². The van der Waals surface area contributed by atoms with Crippen LogP contribution in [-0.4, -0.2) is 26.2 Å². The van der Waals surface area contributed by atoms with Crippen molar-refractivity contribution in [3.8, 4) is 11.4 Å². The molecule has 26 heavy (non-hydrogen) atoms. The summed E-state index contributed by atoms with van der Waals surface area (Å²) in [5.74, 6) is 0.0622. The van der Waals surface area contributed by atoms with Gasteiger partial charge in [-0.15, -0.1) is 5.10 Å². The zero-order chi connectivity index (χ0) is 18.1. The highest BCUT2D eigenvalue weighted by atomic mass is 32.2. The molecule has 1 aliphatic rings. The minimum absolute atomic E-state index is 0.0574. The molecule has 0 spiro atoms. The van der Waals surface area contributed by atoms with Crippen molar-refractivity contribution in [2.75, 3.05) is 0 Å². The minimum Gasteiger partial charge on any atom is -0.293 e. The van der Waals surface area contributed by atoms with Gasteiger partial charge in [-0.1, -0.05) is 36.0 Å². The molecule has 0 saturated heterocycles. The fourth-order valence-corrected chi connectivity index (χ4v) is 4.05. The first-order chi connectivity index (χ1) is 12.6. The van der Waals surface area contributed by atoms with Gasteiger partial charge in [-0.05, 0) is 55.5 Å². The van der Waals surface area contributed by atoms with E-state index in [1.54, 1.807) is 18.2 Å². The molecule has 0 radical (unpaired) electrons. The van der Waals surface area contributed by atoms with Crippen LogP contribution in [0.5, 0.6) is 0 Å². The number of rotatable bonds is 5. The van der Waals surface area contributed by atoms with Crippen LogP contribution in [-0.2, 0) is 12.8 Å². The van der Waals surface area contributed by atoms with E-state index >= 15 is 0 Å². The zero-order valence-corrected chi connectivity index (χ0v) is 15.1. The summed E-state index contributed by atoms with van der Waals surface area (Å²) in [4.78, 5) is 17.1. The fraction of sp³-hybridized carbons (Fsp3) is 0.250. The summed E-state index contributed by atoms with van der Waals surface area (Å²) < 4.78 is 13.9. The number of aromatic amines is 1. The summed E-state index contributed by atoms with van der Waals surface area (Å²) in [6.07, 6.45) is 3.31. The van der Waals surface area contributed by atoms with Gasteiger partial charge in [0.2, 0.25) is 5.16 Å². The number of aromatic nitrogens is 3. The smallest absolute Gasteiger partial charge is 0.209 e. The third-order valence-electron chi connectivity index (χ3n) is 4.63. The Labute approximate surface area is 155 Å². The van der Waals surface area contributed by atoms with Crippen LogP contribution >= 0.6 is 11.8 Å². The molecule has 4 rings (SSSR count). The second kappa shape index (κ2) is 7.03. The lowest BCUT2D eigenvalue weighted by Gasteiger charge is -2.09. The van der Waals surface area contributed by atoms with E-state index in [0.717, 1.165) is 24.8 Å². The van der Waals surface area contributed by atoms with Crippen LogP contribution in [0.15, 0.2) is 47.6 Å². The predicted molar refractivity (Wildman–Crippen MR) is 99.9 cm³/mol. The van der Waals surface area contributed by atoms with E-state index in [9.17, 15) is 9.18 Å². The number of Topliss-reactive ketones (excluding diaryl/α,β-unsaturated/α-hetero) is 1. The summed E-state index contributed by atoms with van der Waals surface area (Å²) in [6.45, 7) is 1.85. The lowest BCUT2D eigenvalue weighted by atomic mass is 10.0. The lowest BCUT2D eigenvalue weighted by Crippen LogP contribution is -2.14. The molecule has 3 aromatic rings. The van der Waals surface area contributed by atoms with Gasteiger partial charge in [0.05, 0.1) is 10.8 Å². The number of thioether (sulfide) groups is 1. The van der Waals surface area contributed by atoms with Crippen molar-refractivity contribution in [1.82, 2.24) is 15.2 Å². The van der Waals surface area contributed by atoms with E-state index in [-0.39, 0.29) is 16.9 Å². The normalized spacial score (nSPS) is 14.2. The van der Waals surface area contributed by atoms with Gasteiger partial charge >= 0.3 is 0 Å². The second-order valence-corrected chi connectivity index (χ2v) is 7.72. The molecular weight excluding hydrogens is 349 g/mol. The number of ketones is 1. The van der Waals surface area contributed by atoms with Crippen LogP contribution in [0.4, 0.5) is 4.39 Å². The van der Waals surface area contributed by atoms with Gasteiger partial charge < -0.3 is 0 Å². The molecular formula is C20H18FN3OS. The number of H-pyrrole nitrogens is 1. The van der Waals surface area contributed by atoms with Crippen molar-refractivity contribution in [2.24, 2.45) is 0 Å². The Bertz CT molecular complexity index is 969. The number of hydrogen-bond acceptors (Lipinski definition) is 4. The molecule has 1 N–H and O–H groups in total. The second-order valence-electron chi connectivity index (χ2n) is 6.41. The van der Waals surface area contributed by atoms with Crippen molar-refractivity contribution < 1.29 is 9.18 Å². The third kappa shape index (κ3) is 3.29. The highest BCUT2D eigenvalue weighted by Crippen LogP contribution is 2.28. The Morgan fingerprint density at radius 3 is 2.85 bits per heavy atom. The van der Waals surface area contributed by atoms with Crippen LogP contribution in [0.3, 0.4) is 0 Å². The summed E-state index contributed by atoms with van der Waals surface area (Å²) in [7, 11) is 0. The quantitative estimate of drug-likeness (QED) is 0.534. The van der Waals surface area contributed by atoms with Gasteiger partial charge in [-0.25, -0.2) is 9.37 Å². The molecule has 6 heteroatoms. The van der Waals surface area contributed by atoms with E-state index in [1.165, 1.54) is 29.0 Å². The van der Waals surface area contributed by atoms with Gasteiger partial charge in [0.15, 0.2) is 11.6 Å². The highest BCUT2D eigenvalue weighted by molar-refractivity contribution is 8.00. The molecule has 0 aliphatic heterocycles. The van der Waals surface area contributed by atoms with E-state index in [2.05, 4.69) is 21.2 Å². The fourth-order valence-electron chi connectivity index (χ4n) is 3.24. The first kappa shape index (κ1) is 17.0. The number of hydrogen-bond donors (Lipinski definition) is 1. The molecule has 0 saturated carbocycles. The number of fused-ring (bicyclic) bond motifs is 1. The van der Waals surface area contributed by atoms with Crippen LogP contribution in [0.2, 0.25) is 0 Å². The van der Waals surface area contributed by atoms with Crippen LogP contribution in [0.25, 0.3) is 11.4 Å². The first-order valence-corrected chi connectivity index (χ1v) is 9.50. The maximum Gasteiger partial charge on any atom is 0.209 e. The predicted octanol–water partition coefficient (Wildman–Crippen LogP) is 4.46. The molecule has 132 valence electrons. The van der Waals surface area contributed by atoms with E-state index in [0.29, 0.717) is 16.5 Å². The van der Waals surface area contributed by atoms with Crippen LogP contribution < -0.4 is 0 Å². The highest BCUT2D eigenvalue weighted by Gasteiger charge is 2.21. The maximum atomic E-state index is 13.9. The van der Waals surface area contributed by atoms with Gasteiger partial charge in [-0.3, -0.25) is 9.89 Å². The number of carbonyl (C=O) groups excluding carboxylic acids is 1. The Morgan fingerprint density at radius 2 is 2.00 bits per heavy atom. The van der Waals surface area contributed by atoms with Crippen molar-refractivity contribution in [3.05, 3.63) is 65.0 Å². The van der Waals surface area contributed by atoms with Gasteiger partial charge in [0.25, 0.3) is 0 Å². The molecule has 0 fully saturated rings. The number of aryl methyl sites for hydroxylation is 2. The Hall–Kier alpha value is -2.47. The summed E-state index contributed by atoms with van der Waals surface area (Å²) in [6, 6.07) is 12.4. The molecule has 1 unspecified atom stereocenters. The average molecular weight is 367 g/mol. The molecule has 0 amide bonds. The molecule has 4 nitrogen and oxygen atoms in total. The monoisotopic (exact) mass is 367 g/mol. The number of benzene rings is 2. The molecule has 2 aromatic carbocycles. The molecule has 1 atom stereocenters. The Balaban J connectivity index is 1.49. The SMILES string of the molecule is CC(Sc1n[nH]c(-c2ccccc2F)n1)C(=O)c1ccc2c(c1)CCC2. The summed E-state index contributed by atoms with van der Waals surface area (Å²) in [5, 5.41) is 6.98. The van der Waals surface area contributed by atoms with Gasteiger partial charge in [-0.2, -0.15) is 0 Å². The summed E-state index contributed by atoms with van der Waals surface area (Å²) in [5.41, 5.74) is 3.73. The third-order valence-corrected chi connectivity index (χ3v) is 5.59. The lowest BCUT2D eigenvalue weighted by molar-refractivity contribution is 0.0994. The molecule has 1 heterocycles. The number of nitrogens with one attached hydrogen (secondary N) is 1. The largest absolute Gasteiger partial charge is 0.293 e. The van der Waals surface area contributed by atoms with E-state index < -0.39 is 0 Å². The summed E-state index contributed by atoms with van der Waals surface area (Å²) >= 11 is 1.28. The Kier molecular flexibility index (Phi) is 4.59. The molecule has 1 aliphatic carbocycles. The van der Waals surface area contributed by atoms with Crippen LogP contribution in [0.1, 0.15) is 34.8 Å². The van der Waals surface area contributed by atoms with Gasteiger partial charge in [0.1, 0.15) is 5.82 Å².